The van der Waals surface area contributed by atoms with E-state index in [1.165, 1.54) is 0 Å². The number of hydrogen-bond acceptors (Lipinski definition) is 3. The first-order valence-corrected chi connectivity index (χ1v) is 7.90. The normalized spacial score (nSPS) is 13.1. The molecule has 0 spiro atoms. The lowest BCUT2D eigenvalue weighted by atomic mass is 9.83. The van der Waals surface area contributed by atoms with Crippen LogP contribution in [0.2, 0.25) is 0 Å². The largest absolute Gasteiger partial charge is 0.486 e. The van der Waals surface area contributed by atoms with Gasteiger partial charge in [-0.2, -0.15) is 0 Å². The van der Waals surface area contributed by atoms with Crippen molar-refractivity contribution in [1.82, 2.24) is 0 Å². The van der Waals surface area contributed by atoms with E-state index >= 15 is 0 Å². The third-order valence-corrected chi connectivity index (χ3v) is 4.40. The van der Waals surface area contributed by atoms with Gasteiger partial charge in [-0.15, -0.1) is 0 Å². The van der Waals surface area contributed by atoms with Gasteiger partial charge in [-0.25, -0.2) is 4.39 Å². The van der Waals surface area contributed by atoms with Gasteiger partial charge >= 0.3 is 5.69 Å². The molecule has 0 saturated heterocycles. The van der Waals surface area contributed by atoms with Crippen LogP contribution in [0.25, 0.3) is 0 Å². The number of alkyl halides is 1. The summed E-state index contributed by atoms with van der Waals surface area (Å²) in [5.41, 5.74) is -0.385. The molecule has 1 rings (SSSR count). The summed E-state index contributed by atoms with van der Waals surface area (Å²) >= 11 is 6.52. The van der Waals surface area contributed by atoms with E-state index in [4.69, 9.17) is 4.74 Å². The zero-order valence-electron chi connectivity index (χ0n) is 11.5. The van der Waals surface area contributed by atoms with Crippen molar-refractivity contribution in [3.05, 3.63) is 32.5 Å². The highest BCUT2D eigenvalue weighted by molar-refractivity contribution is 9.10. The molecule has 1 aromatic rings. The van der Waals surface area contributed by atoms with Gasteiger partial charge in [0.15, 0.2) is 0 Å². The van der Waals surface area contributed by atoms with Gasteiger partial charge in [-0.3, -0.25) is 10.1 Å². The smallest absolute Gasteiger partial charge is 0.315 e. The van der Waals surface area contributed by atoms with Crippen molar-refractivity contribution in [3.8, 4) is 5.75 Å². The molecule has 1 atom stereocenters. The zero-order chi connectivity index (χ0) is 15.5. The zero-order valence-corrected chi connectivity index (χ0v) is 14.6. The fourth-order valence-corrected chi connectivity index (χ4v) is 3.23. The lowest BCUT2D eigenvalue weighted by Gasteiger charge is -2.29. The number of halogens is 3. The van der Waals surface area contributed by atoms with Crippen LogP contribution in [0.5, 0.6) is 5.75 Å². The molecule has 0 N–H and O–H groups in total. The standard InChI is InChI=1S/C13H16Br2FNO3/c1-13(2,3)8(6-14)7-20-12-10(15)4-9(16)5-11(12)17(18)19/h4-5,8H,6-7H2,1-3H3. The fraction of sp³-hybridized carbons (Fsp3) is 0.538. The third kappa shape index (κ3) is 4.41. The van der Waals surface area contributed by atoms with E-state index in [9.17, 15) is 14.5 Å². The first kappa shape index (κ1) is 17.4. The average Bonchev–Trinajstić information content (AvgIpc) is 2.29. The second-order valence-corrected chi connectivity index (χ2v) is 7.02. The highest BCUT2D eigenvalue weighted by Gasteiger charge is 2.27. The fourth-order valence-electron chi connectivity index (χ4n) is 1.54. The first-order valence-electron chi connectivity index (χ1n) is 5.99. The molecule has 0 amide bonds. The van der Waals surface area contributed by atoms with Gasteiger partial charge in [-0.05, 0) is 27.4 Å². The Hall–Kier alpha value is -0.690. The molecule has 0 radical (unpaired) electrons. The maximum Gasteiger partial charge on any atom is 0.315 e. The second-order valence-electron chi connectivity index (χ2n) is 5.52. The summed E-state index contributed by atoms with van der Waals surface area (Å²) in [5, 5.41) is 11.7. The molecular weight excluding hydrogens is 397 g/mol. The summed E-state index contributed by atoms with van der Waals surface area (Å²) in [6, 6.07) is 2.02. The van der Waals surface area contributed by atoms with Crippen molar-refractivity contribution in [1.29, 1.82) is 0 Å². The van der Waals surface area contributed by atoms with Crippen LogP contribution < -0.4 is 4.74 Å². The Morgan fingerprint density at radius 2 is 2.05 bits per heavy atom. The minimum absolute atomic E-state index is 0.00914. The summed E-state index contributed by atoms with van der Waals surface area (Å²) in [7, 11) is 0. The van der Waals surface area contributed by atoms with E-state index in [1.54, 1.807) is 0 Å². The van der Waals surface area contributed by atoms with Crippen LogP contribution in [-0.2, 0) is 0 Å². The monoisotopic (exact) mass is 411 g/mol. The minimum atomic E-state index is -0.677. The van der Waals surface area contributed by atoms with Crippen LogP contribution in [0, 0.1) is 27.3 Å². The summed E-state index contributed by atoms with van der Waals surface area (Å²) in [4.78, 5) is 10.3. The predicted molar refractivity (Wildman–Crippen MR) is 83.0 cm³/mol. The number of nitro groups is 1. The van der Waals surface area contributed by atoms with Gasteiger partial charge in [0.05, 0.1) is 22.1 Å². The van der Waals surface area contributed by atoms with E-state index in [0.29, 0.717) is 11.9 Å². The Labute approximate surface area is 134 Å². The second kappa shape index (κ2) is 6.85. The quantitative estimate of drug-likeness (QED) is 0.391. The molecule has 7 heteroatoms. The lowest BCUT2D eigenvalue weighted by Crippen LogP contribution is -2.28. The maximum absolute atomic E-state index is 13.2. The molecule has 4 nitrogen and oxygen atoms in total. The molecule has 0 aliphatic rings. The summed E-state index contributed by atoms with van der Waals surface area (Å²) in [6.07, 6.45) is 0. The Bertz CT molecular complexity index is 503. The van der Waals surface area contributed by atoms with Crippen LogP contribution in [0.4, 0.5) is 10.1 Å². The lowest BCUT2D eigenvalue weighted by molar-refractivity contribution is -0.386. The summed E-state index contributed by atoms with van der Waals surface area (Å²) < 4.78 is 19.0. The van der Waals surface area contributed by atoms with Gasteiger partial charge in [0.1, 0.15) is 5.82 Å². The van der Waals surface area contributed by atoms with Crippen molar-refractivity contribution in [2.45, 2.75) is 20.8 Å². The number of nitro benzene ring substituents is 1. The highest BCUT2D eigenvalue weighted by Crippen LogP contribution is 2.37. The predicted octanol–water partition coefficient (Wildman–Crippen LogP) is 4.93. The third-order valence-electron chi connectivity index (χ3n) is 3.03. The Kier molecular flexibility index (Phi) is 5.94. The molecule has 20 heavy (non-hydrogen) atoms. The maximum atomic E-state index is 13.2. The molecule has 0 aliphatic heterocycles. The minimum Gasteiger partial charge on any atom is -0.486 e. The summed E-state index contributed by atoms with van der Waals surface area (Å²) in [5.74, 6) is -0.450. The van der Waals surface area contributed by atoms with E-state index < -0.39 is 10.7 Å². The molecule has 0 heterocycles. The van der Waals surface area contributed by atoms with Crippen LogP contribution in [0.1, 0.15) is 20.8 Å². The van der Waals surface area contributed by atoms with Crippen molar-refractivity contribution in [2.75, 3.05) is 11.9 Å². The van der Waals surface area contributed by atoms with E-state index in [2.05, 4.69) is 52.6 Å². The van der Waals surface area contributed by atoms with Crippen molar-refractivity contribution < 1.29 is 14.1 Å². The van der Waals surface area contributed by atoms with Gasteiger partial charge in [0, 0.05) is 11.2 Å². The SMILES string of the molecule is CC(C)(C)C(CBr)COc1c(Br)cc(F)cc1[N+](=O)[O-]. The molecule has 0 saturated carbocycles. The Morgan fingerprint density at radius 3 is 2.50 bits per heavy atom. The van der Waals surface area contributed by atoms with Gasteiger partial charge in [-0.1, -0.05) is 36.7 Å². The highest BCUT2D eigenvalue weighted by atomic mass is 79.9. The molecule has 1 aromatic carbocycles. The van der Waals surface area contributed by atoms with Crippen LogP contribution in [0.3, 0.4) is 0 Å². The van der Waals surface area contributed by atoms with E-state index in [-0.39, 0.29) is 27.2 Å². The van der Waals surface area contributed by atoms with Crippen molar-refractivity contribution in [3.63, 3.8) is 0 Å². The molecule has 0 fully saturated rings. The number of nitrogens with zero attached hydrogens (tertiary/aromatic N) is 1. The van der Waals surface area contributed by atoms with Crippen LogP contribution in [0.15, 0.2) is 16.6 Å². The number of ether oxygens (including phenoxy) is 1. The van der Waals surface area contributed by atoms with Crippen molar-refractivity contribution in [2.24, 2.45) is 11.3 Å². The molecule has 0 aromatic heterocycles. The first-order chi connectivity index (χ1) is 9.16. The average molecular weight is 413 g/mol. The van der Waals surface area contributed by atoms with Crippen molar-refractivity contribution >= 4 is 37.5 Å². The molecular formula is C13H16Br2FNO3. The van der Waals surface area contributed by atoms with Gasteiger partial charge in [0.25, 0.3) is 0 Å². The molecule has 0 bridgehead atoms. The molecule has 112 valence electrons. The van der Waals surface area contributed by atoms with Crippen LogP contribution >= 0.6 is 31.9 Å². The number of rotatable bonds is 5. The molecule has 1 unspecified atom stereocenters. The number of benzene rings is 1. The van der Waals surface area contributed by atoms with E-state index in [1.807, 2.05) is 0 Å². The number of hydrogen-bond donors (Lipinski definition) is 0. The van der Waals surface area contributed by atoms with E-state index in [0.717, 1.165) is 12.1 Å². The van der Waals surface area contributed by atoms with Crippen LogP contribution in [-0.4, -0.2) is 16.9 Å². The Morgan fingerprint density at radius 1 is 1.45 bits per heavy atom. The van der Waals surface area contributed by atoms with Gasteiger partial charge < -0.3 is 4.74 Å². The topological polar surface area (TPSA) is 52.4 Å². The summed E-state index contributed by atoms with van der Waals surface area (Å²) in [6.45, 7) is 6.50. The Balaban J connectivity index is 3.01. The van der Waals surface area contributed by atoms with Gasteiger partial charge in [0.2, 0.25) is 5.75 Å². The molecule has 0 aliphatic carbocycles.